The van der Waals surface area contributed by atoms with E-state index in [2.05, 4.69) is 16.7 Å². The van der Waals surface area contributed by atoms with Crippen LogP contribution in [0.15, 0.2) is 24.3 Å². The summed E-state index contributed by atoms with van der Waals surface area (Å²) in [5, 5.41) is 5.54. The molecule has 1 aliphatic rings. The second kappa shape index (κ2) is 6.55. The fourth-order valence-electron chi connectivity index (χ4n) is 2.73. The average molecular weight is 274 g/mol. The van der Waals surface area contributed by atoms with Gasteiger partial charge in [0, 0.05) is 6.54 Å². The number of benzene rings is 1. The fraction of sp³-hybridized carbons (Fsp3) is 0.500. The summed E-state index contributed by atoms with van der Waals surface area (Å²) in [5.41, 5.74) is 2.36. The van der Waals surface area contributed by atoms with Crippen molar-refractivity contribution >= 4 is 11.8 Å². The van der Waals surface area contributed by atoms with Crippen molar-refractivity contribution in [2.75, 3.05) is 6.54 Å². The summed E-state index contributed by atoms with van der Waals surface area (Å²) in [4.78, 5) is 24.1. The molecule has 2 amide bonds. The standard InChI is InChI=1S/C16H22N2O2/c1-3-17-15(19)11(2)18-16(20)14-10-6-8-12-7-4-5-9-13(12)14/h4-5,7,9,11,14H,3,6,8,10H2,1-2H3,(H,17,19)(H,18,20)/t11-,14-/m1/s1. The van der Waals surface area contributed by atoms with Gasteiger partial charge in [-0.25, -0.2) is 0 Å². The number of carbonyl (C=O) groups is 2. The first kappa shape index (κ1) is 14.6. The highest BCUT2D eigenvalue weighted by molar-refractivity contribution is 5.90. The minimum atomic E-state index is -0.489. The number of amides is 2. The molecule has 108 valence electrons. The molecule has 1 aromatic rings. The summed E-state index contributed by atoms with van der Waals surface area (Å²) in [5.74, 6) is -0.308. The van der Waals surface area contributed by atoms with Gasteiger partial charge in [-0.1, -0.05) is 24.3 Å². The van der Waals surface area contributed by atoms with Crippen molar-refractivity contribution in [1.29, 1.82) is 0 Å². The molecule has 2 atom stereocenters. The molecule has 0 radical (unpaired) electrons. The number of carbonyl (C=O) groups excluding carboxylic acids is 2. The van der Waals surface area contributed by atoms with Crippen molar-refractivity contribution in [1.82, 2.24) is 10.6 Å². The van der Waals surface area contributed by atoms with Gasteiger partial charge in [-0.15, -0.1) is 0 Å². The first-order valence-electron chi connectivity index (χ1n) is 7.29. The van der Waals surface area contributed by atoms with Gasteiger partial charge < -0.3 is 10.6 Å². The topological polar surface area (TPSA) is 58.2 Å². The molecular formula is C16H22N2O2. The first-order valence-corrected chi connectivity index (χ1v) is 7.29. The van der Waals surface area contributed by atoms with E-state index in [0.29, 0.717) is 6.54 Å². The lowest BCUT2D eigenvalue weighted by Gasteiger charge is -2.26. The first-order chi connectivity index (χ1) is 9.63. The van der Waals surface area contributed by atoms with Crippen molar-refractivity contribution in [2.45, 2.75) is 45.1 Å². The highest BCUT2D eigenvalue weighted by atomic mass is 16.2. The summed E-state index contributed by atoms with van der Waals surface area (Å²) >= 11 is 0. The highest BCUT2D eigenvalue weighted by Gasteiger charge is 2.27. The van der Waals surface area contributed by atoms with E-state index in [1.54, 1.807) is 6.92 Å². The van der Waals surface area contributed by atoms with Crippen LogP contribution in [-0.2, 0) is 16.0 Å². The van der Waals surface area contributed by atoms with Crippen LogP contribution in [0.3, 0.4) is 0 Å². The summed E-state index contributed by atoms with van der Waals surface area (Å²) < 4.78 is 0. The van der Waals surface area contributed by atoms with Gasteiger partial charge >= 0.3 is 0 Å². The quantitative estimate of drug-likeness (QED) is 0.878. The normalized spacial score (nSPS) is 18.8. The lowest BCUT2D eigenvalue weighted by atomic mass is 9.82. The maximum Gasteiger partial charge on any atom is 0.242 e. The number of hydrogen-bond acceptors (Lipinski definition) is 2. The third kappa shape index (κ3) is 3.18. The number of nitrogens with one attached hydrogen (secondary N) is 2. The molecule has 0 saturated carbocycles. The molecule has 1 aromatic carbocycles. The fourth-order valence-corrected chi connectivity index (χ4v) is 2.73. The number of fused-ring (bicyclic) bond motifs is 1. The van der Waals surface area contributed by atoms with Crippen molar-refractivity contribution in [3.05, 3.63) is 35.4 Å². The molecule has 0 saturated heterocycles. The van der Waals surface area contributed by atoms with E-state index in [4.69, 9.17) is 0 Å². The van der Waals surface area contributed by atoms with Gasteiger partial charge in [0.05, 0.1) is 5.92 Å². The molecule has 0 bridgehead atoms. The smallest absolute Gasteiger partial charge is 0.242 e. The predicted molar refractivity (Wildman–Crippen MR) is 78.4 cm³/mol. The molecule has 1 aliphatic carbocycles. The summed E-state index contributed by atoms with van der Waals surface area (Å²) in [6.45, 7) is 4.16. The van der Waals surface area contributed by atoms with Crippen molar-refractivity contribution in [3.8, 4) is 0 Å². The van der Waals surface area contributed by atoms with Gasteiger partial charge in [0.15, 0.2) is 0 Å². The maximum atomic E-state index is 12.4. The molecule has 4 heteroatoms. The van der Waals surface area contributed by atoms with Crippen LogP contribution >= 0.6 is 0 Å². The Morgan fingerprint density at radius 2 is 2.10 bits per heavy atom. The highest BCUT2D eigenvalue weighted by Crippen LogP contribution is 2.31. The van der Waals surface area contributed by atoms with Crippen molar-refractivity contribution in [3.63, 3.8) is 0 Å². The molecule has 0 unspecified atom stereocenters. The van der Waals surface area contributed by atoms with Crippen LogP contribution in [0.5, 0.6) is 0 Å². The van der Waals surface area contributed by atoms with Gasteiger partial charge in [-0.05, 0) is 44.2 Å². The predicted octanol–water partition coefficient (Wildman–Crippen LogP) is 1.75. The maximum absolute atomic E-state index is 12.4. The van der Waals surface area contributed by atoms with E-state index in [-0.39, 0.29) is 17.7 Å². The Morgan fingerprint density at radius 1 is 1.35 bits per heavy atom. The number of likely N-dealkylation sites (N-methyl/N-ethyl adjacent to an activating group) is 1. The Bertz CT molecular complexity index is 499. The molecule has 0 aromatic heterocycles. The van der Waals surface area contributed by atoms with Gasteiger partial charge in [0.2, 0.25) is 11.8 Å². The minimum absolute atomic E-state index is 0.0455. The Labute approximate surface area is 119 Å². The Morgan fingerprint density at radius 3 is 2.85 bits per heavy atom. The zero-order valence-electron chi connectivity index (χ0n) is 12.1. The number of aryl methyl sites for hydroxylation is 1. The summed E-state index contributed by atoms with van der Waals surface area (Å²) in [6, 6.07) is 7.60. The van der Waals surface area contributed by atoms with Gasteiger partial charge in [-0.3, -0.25) is 9.59 Å². The second-order valence-corrected chi connectivity index (χ2v) is 5.27. The monoisotopic (exact) mass is 274 g/mol. The molecule has 0 spiro atoms. The molecule has 4 nitrogen and oxygen atoms in total. The van der Waals surface area contributed by atoms with E-state index < -0.39 is 6.04 Å². The van der Waals surface area contributed by atoms with Crippen LogP contribution in [0.2, 0.25) is 0 Å². The van der Waals surface area contributed by atoms with Crippen LogP contribution in [0, 0.1) is 0 Å². The zero-order valence-corrected chi connectivity index (χ0v) is 12.1. The molecule has 20 heavy (non-hydrogen) atoms. The number of rotatable bonds is 4. The molecule has 2 N–H and O–H groups in total. The third-order valence-corrected chi connectivity index (χ3v) is 3.79. The van der Waals surface area contributed by atoms with E-state index >= 15 is 0 Å². The van der Waals surface area contributed by atoms with Crippen LogP contribution in [0.1, 0.15) is 43.7 Å². The largest absolute Gasteiger partial charge is 0.355 e. The molecule has 0 heterocycles. The molecule has 0 fully saturated rings. The van der Waals surface area contributed by atoms with E-state index in [1.807, 2.05) is 25.1 Å². The van der Waals surface area contributed by atoms with Crippen molar-refractivity contribution < 1.29 is 9.59 Å². The van der Waals surface area contributed by atoms with Crippen molar-refractivity contribution in [2.24, 2.45) is 0 Å². The molecule has 2 rings (SSSR count). The second-order valence-electron chi connectivity index (χ2n) is 5.27. The van der Waals surface area contributed by atoms with Crippen LogP contribution < -0.4 is 10.6 Å². The summed E-state index contributed by atoms with van der Waals surface area (Å²) in [6.07, 6.45) is 2.90. The van der Waals surface area contributed by atoms with E-state index in [1.165, 1.54) is 5.56 Å². The van der Waals surface area contributed by atoms with Crippen LogP contribution in [-0.4, -0.2) is 24.4 Å². The lowest BCUT2D eigenvalue weighted by Crippen LogP contribution is -2.46. The number of hydrogen-bond donors (Lipinski definition) is 2. The Balaban J connectivity index is 2.05. The average Bonchev–Trinajstić information content (AvgIpc) is 2.46. The lowest BCUT2D eigenvalue weighted by molar-refractivity contribution is -0.129. The van der Waals surface area contributed by atoms with E-state index in [9.17, 15) is 9.59 Å². The third-order valence-electron chi connectivity index (χ3n) is 3.79. The minimum Gasteiger partial charge on any atom is -0.355 e. The van der Waals surface area contributed by atoms with Gasteiger partial charge in [0.25, 0.3) is 0 Å². The van der Waals surface area contributed by atoms with Gasteiger partial charge in [-0.2, -0.15) is 0 Å². The van der Waals surface area contributed by atoms with E-state index in [0.717, 1.165) is 24.8 Å². The van der Waals surface area contributed by atoms with Gasteiger partial charge in [0.1, 0.15) is 6.04 Å². The molecule has 0 aliphatic heterocycles. The SMILES string of the molecule is CCNC(=O)[C@@H](C)NC(=O)[C@@H]1CCCc2ccccc21. The Kier molecular flexibility index (Phi) is 4.77. The van der Waals surface area contributed by atoms with Crippen LogP contribution in [0.4, 0.5) is 0 Å². The summed E-state index contributed by atoms with van der Waals surface area (Å²) in [7, 11) is 0. The Hall–Kier alpha value is -1.84. The zero-order chi connectivity index (χ0) is 14.5. The molecular weight excluding hydrogens is 252 g/mol. The van der Waals surface area contributed by atoms with Crippen LogP contribution in [0.25, 0.3) is 0 Å².